The van der Waals surface area contributed by atoms with Gasteiger partial charge in [0.1, 0.15) is 0 Å². The van der Waals surface area contributed by atoms with Crippen molar-refractivity contribution >= 4 is 0 Å². The second kappa shape index (κ2) is 23.6. The average Bonchev–Trinajstić information content (AvgIpc) is 2.77. The Morgan fingerprint density at radius 3 is 1.53 bits per heavy atom. The highest BCUT2D eigenvalue weighted by Crippen LogP contribution is 2.20. The summed E-state index contributed by atoms with van der Waals surface area (Å²) in [4.78, 5) is 0. The lowest BCUT2D eigenvalue weighted by Gasteiger charge is -2.21. The first kappa shape index (κ1) is 31.4. The van der Waals surface area contributed by atoms with Gasteiger partial charge < -0.3 is 14.9 Å². The smallest absolute Gasteiger partial charge is 0.0594 e. The Bertz CT molecular complexity index is 413. The third kappa shape index (κ3) is 20.1. The molecule has 3 nitrogen and oxygen atoms in total. The van der Waals surface area contributed by atoms with Crippen LogP contribution < -0.4 is 0 Å². The molecular formula is C29H56O3. The summed E-state index contributed by atoms with van der Waals surface area (Å²) in [6.07, 6.45) is 27.9. The lowest BCUT2D eigenvalue weighted by Crippen LogP contribution is -2.20. The van der Waals surface area contributed by atoms with Gasteiger partial charge in [-0.1, -0.05) is 97.3 Å². The molecule has 0 bridgehead atoms. The Labute approximate surface area is 201 Å². The molecule has 3 heteroatoms. The van der Waals surface area contributed by atoms with Crippen LogP contribution in [0.15, 0.2) is 0 Å². The molecular weight excluding hydrogens is 396 g/mol. The molecule has 32 heavy (non-hydrogen) atoms. The number of hydrogen-bond donors (Lipinski definition) is 2. The van der Waals surface area contributed by atoms with Crippen LogP contribution in [0.2, 0.25) is 0 Å². The standard InChI is InChI=1S/C29H56O3/c1-5-7-8-9-10-11-12-13-14-15-16-17-18-19-23-27(30)25-28(31)24-21-20-22-26(3)29(6-2)32-4/h1,26-31H,6-25H2,2-4H3/t26-,27+,28+,29+/m0/s1. The number of ether oxygens (including phenoxy) is 1. The number of aliphatic hydroxyl groups is 2. The van der Waals surface area contributed by atoms with Crippen molar-refractivity contribution in [3.8, 4) is 12.3 Å². The zero-order valence-corrected chi connectivity index (χ0v) is 21.8. The fourth-order valence-electron chi connectivity index (χ4n) is 4.76. The number of methoxy groups -OCH3 is 1. The SMILES string of the molecule is C#CCCCCCCCCCCCCCC[C@@H](O)C[C@H](O)CCCC[C@H](C)[C@@H](CC)OC. The number of rotatable bonds is 24. The summed E-state index contributed by atoms with van der Waals surface area (Å²) in [6.45, 7) is 4.42. The summed E-state index contributed by atoms with van der Waals surface area (Å²) in [7, 11) is 1.80. The van der Waals surface area contributed by atoms with E-state index in [2.05, 4.69) is 19.8 Å². The number of terminal acetylenes is 1. The van der Waals surface area contributed by atoms with Gasteiger partial charge in [0.15, 0.2) is 0 Å². The monoisotopic (exact) mass is 452 g/mol. The third-order valence-electron chi connectivity index (χ3n) is 6.94. The van der Waals surface area contributed by atoms with E-state index in [9.17, 15) is 10.2 Å². The van der Waals surface area contributed by atoms with E-state index in [0.29, 0.717) is 18.4 Å². The lowest BCUT2D eigenvalue weighted by atomic mass is 9.94. The van der Waals surface area contributed by atoms with Gasteiger partial charge in [-0.2, -0.15) is 0 Å². The Balaban J connectivity index is 3.43. The Morgan fingerprint density at radius 1 is 0.688 bits per heavy atom. The van der Waals surface area contributed by atoms with E-state index < -0.39 is 0 Å². The van der Waals surface area contributed by atoms with Gasteiger partial charge in [-0.05, 0) is 44.4 Å². The van der Waals surface area contributed by atoms with Crippen LogP contribution in [-0.2, 0) is 4.74 Å². The minimum absolute atomic E-state index is 0.345. The molecule has 0 aliphatic carbocycles. The van der Waals surface area contributed by atoms with Gasteiger partial charge in [0.2, 0.25) is 0 Å². The maximum atomic E-state index is 10.2. The first-order valence-corrected chi connectivity index (χ1v) is 13.9. The normalized spacial score (nSPS) is 15.2. The highest BCUT2D eigenvalue weighted by molar-refractivity contribution is 4.82. The summed E-state index contributed by atoms with van der Waals surface area (Å²) < 4.78 is 5.51. The Hall–Kier alpha value is -0.560. The zero-order valence-electron chi connectivity index (χ0n) is 21.8. The molecule has 0 spiro atoms. The van der Waals surface area contributed by atoms with Crippen molar-refractivity contribution in [3.05, 3.63) is 0 Å². The van der Waals surface area contributed by atoms with E-state index in [-0.39, 0.29) is 12.2 Å². The third-order valence-corrected chi connectivity index (χ3v) is 6.94. The van der Waals surface area contributed by atoms with Crippen LogP contribution in [0.3, 0.4) is 0 Å². The molecule has 190 valence electrons. The van der Waals surface area contributed by atoms with Gasteiger partial charge in [0, 0.05) is 13.5 Å². The molecule has 0 radical (unpaired) electrons. The second-order valence-electron chi connectivity index (χ2n) is 9.97. The van der Waals surface area contributed by atoms with Crippen molar-refractivity contribution in [2.24, 2.45) is 5.92 Å². The Morgan fingerprint density at radius 2 is 1.09 bits per heavy atom. The molecule has 0 saturated carbocycles. The summed E-state index contributed by atoms with van der Waals surface area (Å²) in [6, 6.07) is 0. The number of aliphatic hydroxyl groups excluding tert-OH is 2. The minimum Gasteiger partial charge on any atom is -0.393 e. The number of unbranched alkanes of at least 4 members (excludes halogenated alkanes) is 13. The van der Waals surface area contributed by atoms with Crippen molar-refractivity contribution in [1.29, 1.82) is 0 Å². The van der Waals surface area contributed by atoms with Crippen molar-refractivity contribution < 1.29 is 14.9 Å². The topological polar surface area (TPSA) is 49.7 Å². The molecule has 0 aromatic carbocycles. The largest absolute Gasteiger partial charge is 0.393 e. The van der Waals surface area contributed by atoms with Crippen LogP contribution in [0.4, 0.5) is 0 Å². The van der Waals surface area contributed by atoms with E-state index in [4.69, 9.17) is 11.2 Å². The molecule has 0 unspecified atom stereocenters. The maximum absolute atomic E-state index is 10.2. The van der Waals surface area contributed by atoms with Crippen molar-refractivity contribution in [1.82, 2.24) is 0 Å². The van der Waals surface area contributed by atoms with E-state index in [1.165, 1.54) is 70.6 Å². The summed E-state index contributed by atoms with van der Waals surface area (Å²) >= 11 is 0. The lowest BCUT2D eigenvalue weighted by molar-refractivity contribution is 0.0495. The van der Waals surface area contributed by atoms with Gasteiger partial charge in [-0.15, -0.1) is 12.3 Å². The van der Waals surface area contributed by atoms with E-state index in [1.807, 2.05) is 0 Å². The van der Waals surface area contributed by atoms with E-state index >= 15 is 0 Å². The Kier molecular flexibility index (Phi) is 23.2. The number of hydrogen-bond acceptors (Lipinski definition) is 3. The maximum Gasteiger partial charge on any atom is 0.0594 e. The first-order valence-electron chi connectivity index (χ1n) is 13.9. The predicted molar refractivity (Wildman–Crippen MR) is 139 cm³/mol. The fourth-order valence-corrected chi connectivity index (χ4v) is 4.76. The molecule has 0 saturated heterocycles. The molecule has 0 heterocycles. The highest BCUT2D eigenvalue weighted by Gasteiger charge is 2.15. The van der Waals surface area contributed by atoms with Gasteiger partial charge in [0.05, 0.1) is 18.3 Å². The van der Waals surface area contributed by atoms with Gasteiger partial charge >= 0.3 is 0 Å². The van der Waals surface area contributed by atoms with Gasteiger partial charge in [-0.25, -0.2) is 0 Å². The van der Waals surface area contributed by atoms with Crippen LogP contribution in [0.25, 0.3) is 0 Å². The molecule has 0 fully saturated rings. The van der Waals surface area contributed by atoms with Gasteiger partial charge in [-0.3, -0.25) is 0 Å². The summed E-state index contributed by atoms with van der Waals surface area (Å²) in [5.74, 6) is 3.28. The van der Waals surface area contributed by atoms with E-state index in [1.54, 1.807) is 7.11 Å². The second-order valence-corrected chi connectivity index (χ2v) is 9.97. The van der Waals surface area contributed by atoms with E-state index in [0.717, 1.165) is 51.4 Å². The molecule has 0 aliphatic heterocycles. The van der Waals surface area contributed by atoms with Crippen LogP contribution in [0.1, 0.15) is 142 Å². The predicted octanol–water partition coefficient (Wildman–Crippen LogP) is 7.81. The molecule has 2 N–H and O–H groups in total. The molecule has 0 aliphatic rings. The average molecular weight is 453 g/mol. The quantitative estimate of drug-likeness (QED) is 0.116. The molecule has 0 amide bonds. The summed E-state index contributed by atoms with van der Waals surface area (Å²) in [5, 5.41) is 20.4. The summed E-state index contributed by atoms with van der Waals surface area (Å²) in [5.41, 5.74) is 0. The first-order chi connectivity index (χ1) is 15.5. The van der Waals surface area contributed by atoms with Crippen molar-refractivity contribution in [2.45, 2.75) is 161 Å². The molecule has 4 atom stereocenters. The molecule has 0 aromatic rings. The van der Waals surface area contributed by atoms with Crippen LogP contribution in [0.5, 0.6) is 0 Å². The van der Waals surface area contributed by atoms with Crippen molar-refractivity contribution in [3.63, 3.8) is 0 Å². The minimum atomic E-state index is -0.359. The van der Waals surface area contributed by atoms with Crippen LogP contribution in [0, 0.1) is 18.3 Å². The molecule has 0 rings (SSSR count). The van der Waals surface area contributed by atoms with Crippen molar-refractivity contribution in [2.75, 3.05) is 7.11 Å². The van der Waals surface area contributed by atoms with Crippen LogP contribution in [-0.4, -0.2) is 35.6 Å². The van der Waals surface area contributed by atoms with Gasteiger partial charge in [0.25, 0.3) is 0 Å². The molecule has 0 aromatic heterocycles. The van der Waals surface area contributed by atoms with Crippen LogP contribution >= 0.6 is 0 Å². The fraction of sp³-hybridized carbons (Fsp3) is 0.931. The zero-order chi connectivity index (χ0) is 23.9. The highest BCUT2D eigenvalue weighted by atomic mass is 16.5.